The van der Waals surface area contributed by atoms with Gasteiger partial charge < -0.3 is 15.4 Å². The molecule has 0 aliphatic rings. The van der Waals surface area contributed by atoms with Crippen LogP contribution in [0.15, 0.2) is 18.2 Å². The Morgan fingerprint density at radius 2 is 2.00 bits per heavy atom. The molecule has 1 rings (SSSR count). The van der Waals surface area contributed by atoms with Crippen molar-refractivity contribution in [1.29, 1.82) is 0 Å². The normalized spacial score (nSPS) is 9.82. The molecule has 0 fully saturated rings. The van der Waals surface area contributed by atoms with Crippen LogP contribution in [-0.2, 0) is 9.53 Å². The van der Waals surface area contributed by atoms with E-state index in [4.69, 9.17) is 10.5 Å². The lowest BCUT2D eigenvalue weighted by Crippen LogP contribution is -2.27. The number of nitrogen functional groups attached to an aromatic ring is 1. The Balaban J connectivity index is 2.64. The molecule has 0 radical (unpaired) electrons. The molecule has 0 atom stereocenters. The molecule has 0 heterocycles. The number of carbonyl (C=O) groups is 2. The molecule has 5 heteroatoms. The van der Waals surface area contributed by atoms with Gasteiger partial charge in [-0.15, -0.1) is 0 Å². The highest BCUT2D eigenvalue weighted by Gasteiger charge is 2.11. The molecule has 1 amide bonds. The molecular formula is C12H16N2O3. The van der Waals surface area contributed by atoms with Crippen molar-refractivity contribution in [3.8, 4) is 0 Å². The number of carbonyl (C=O) groups excluding carboxylic acids is 2. The molecule has 0 unspecified atom stereocenters. The van der Waals surface area contributed by atoms with E-state index in [2.05, 4.69) is 0 Å². The average molecular weight is 236 g/mol. The highest BCUT2D eigenvalue weighted by Crippen LogP contribution is 2.13. The maximum atomic E-state index is 11.6. The molecule has 0 aromatic heterocycles. The van der Waals surface area contributed by atoms with E-state index in [0.717, 1.165) is 5.56 Å². The fourth-order valence-electron chi connectivity index (χ4n) is 1.11. The molecule has 5 nitrogen and oxygen atoms in total. The van der Waals surface area contributed by atoms with Gasteiger partial charge in [-0.25, -0.2) is 4.79 Å². The molecule has 0 saturated carbocycles. The number of anilines is 1. The van der Waals surface area contributed by atoms with E-state index in [0.29, 0.717) is 11.3 Å². The predicted octanol–water partition coefficient (Wildman–Crippen LogP) is 0.822. The molecule has 1 aromatic carbocycles. The summed E-state index contributed by atoms with van der Waals surface area (Å²) in [5.41, 5.74) is 7.45. The summed E-state index contributed by atoms with van der Waals surface area (Å²) in [6.07, 6.45) is 0. The second-order valence-corrected chi connectivity index (χ2v) is 3.94. The zero-order valence-electron chi connectivity index (χ0n) is 10.2. The quantitative estimate of drug-likeness (QED) is 0.623. The van der Waals surface area contributed by atoms with Gasteiger partial charge in [0.25, 0.3) is 5.91 Å². The standard InChI is InChI=1S/C12H16N2O3/c1-8-4-5-9(6-10(8)13)12(16)17-7-11(15)14(2)3/h4-6H,7,13H2,1-3H3. The zero-order chi connectivity index (χ0) is 13.0. The van der Waals surface area contributed by atoms with Gasteiger partial charge in [-0.1, -0.05) is 6.07 Å². The molecule has 0 bridgehead atoms. The maximum Gasteiger partial charge on any atom is 0.338 e. The van der Waals surface area contributed by atoms with Crippen molar-refractivity contribution in [1.82, 2.24) is 4.90 Å². The van der Waals surface area contributed by atoms with Gasteiger partial charge >= 0.3 is 5.97 Å². The molecular weight excluding hydrogens is 220 g/mol. The fourth-order valence-corrected chi connectivity index (χ4v) is 1.11. The maximum absolute atomic E-state index is 11.6. The van der Waals surface area contributed by atoms with Crippen LogP contribution in [0.2, 0.25) is 0 Å². The van der Waals surface area contributed by atoms with Gasteiger partial charge in [-0.05, 0) is 24.6 Å². The minimum atomic E-state index is -0.549. The molecule has 1 aromatic rings. The van der Waals surface area contributed by atoms with Crippen LogP contribution in [-0.4, -0.2) is 37.5 Å². The van der Waals surface area contributed by atoms with E-state index in [1.807, 2.05) is 6.92 Å². The van der Waals surface area contributed by atoms with Crippen LogP contribution < -0.4 is 5.73 Å². The summed E-state index contributed by atoms with van der Waals surface area (Å²) in [4.78, 5) is 24.2. The third-order valence-corrected chi connectivity index (χ3v) is 2.34. The predicted molar refractivity (Wildman–Crippen MR) is 64.6 cm³/mol. The van der Waals surface area contributed by atoms with E-state index in [1.165, 1.54) is 11.0 Å². The largest absolute Gasteiger partial charge is 0.452 e. The Kier molecular flexibility index (Phi) is 4.09. The van der Waals surface area contributed by atoms with Crippen LogP contribution in [0.5, 0.6) is 0 Å². The number of amides is 1. The number of nitrogens with zero attached hydrogens (tertiary/aromatic N) is 1. The molecule has 92 valence electrons. The Bertz CT molecular complexity index is 441. The lowest BCUT2D eigenvalue weighted by atomic mass is 10.1. The van der Waals surface area contributed by atoms with E-state index in [-0.39, 0.29) is 12.5 Å². The Labute approximate surface area is 100 Å². The first-order valence-electron chi connectivity index (χ1n) is 5.15. The monoisotopic (exact) mass is 236 g/mol. The average Bonchev–Trinajstić information content (AvgIpc) is 2.28. The van der Waals surface area contributed by atoms with Gasteiger partial charge in [0.2, 0.25) is 0 Å². The van der Waals surface area contributed by atoms with Gasteiger partial charge in [0.15, 0.2) is 6.61 Å². The van der Waals surface area contributed by atoms with E-state index < -0.39 is 5.97 Å². The minimum absolute atomic E-state index is 0.264. The number of likely N-dealkylation sites (N-methyl/N-ethyl adjacent to an activating group) is 1. The third-order valence-electron chi connectivity index (χ3n) is 2.34. The van der Waals surface area contributed by atoms with Crippen molar-refractivity contribution >= 4 is 17.6 Å². The minimum Gasteiger partial charge on any atom is -0.452 e. The second-order valence-electron chi connectivity index (χ2n) is 3.94. The topological polar surface area (TPSA) is 72.6 Å². The van der Waals surface area contributed by atoms with Crippen LogP contribution in [0.25, 0.3) is 0 Å². The lowest BCUT2D eigenvalue weighted by Gasteiger charge is -2.10. The molecule has 0 saturated heterocycles. The van der Waals surface area contributed by atoms with E-state index in [1.54, 1.807) is 26.2 Å². The van der Waals surface area contributed by atoms with Crippen LogP contribution >= 0.6 is 0 Å². The number of hydrogen-bond donors (Lipinski definition) is 1. The van der Waals surface area contributed by atoms with E-state index >= 15 is 0 Å². The van der Waals surface area contributed by atoms with Crippen molar-refractivity contribution in [2.75, 3.05) is 26.4 Å². The summed E-state index contributed by atoms with van der Waals surface area (Å²) in [7, 11) is 3.19. The molecule has 2 N–H and O–H groups in total. The first-order valence-corrected chi connectivity index (χ1v) is 5.15. The van der Waals surface area contributed by atoms with Gasteiger partial charge in [0.1, 0.15) is 0 Å². The van der Waals surface area contributed by atoms with Crippen LogP contribution in [0.3, 0.4) is 0 Å². The van der Waals surface area contributed by atoms with Gasteiger partial charge in [-0.2, -0.15) is 0 Å². The molecule has 0 aliphatic heterocycles. The van der Waals surface area contributed by atoms with Gasteiger partial charge in [0, 0.05) is 19.8 Å². The fraction of sp³-hybridized carbons (Fsp3) is 0.333. The molecule has 17 heavy (non-hydrogen) atoms. The van der Waals surface area contributed by atoms with Crippen LogP contribution in [0.4, 0.5) is 5.69 Å². The highest BCUT2D eigenvalue weighted by molar-refractivity contribution is 5.92. The Hall–Kier alpha value is -2.04. The first kappa shape index (κ1) is 13.0. The number of ether oxygens (including phenoxy) is 1. The summed E-state index contributed by atoms with van der Waals surface area (Å²) in [6.45, 7) is 1.58. The zero-order valence-corrected chi connectivity index (χ0v) is 10.2. The van der Waals surface area contributed by atoms with Gasteiger partial charge in [-0.3, -0.25) is 4.79 Å². The molecule has 0 aliphatic carbocycles. The van der Waals surface area contributed by atoms with Crippen molar-refractivity contribution in [3.05, 3.63) is 29.3 Å². The second kappa shape index (κ2) is 5.34. The lowest BCUT2D eigenvalue weighted by molar-refractivity contribution is -0.131. The van der Waals surface area contributed by atoms with Crippen LogP contribution in [0, 0.1) is 6.92 Å². The third kappa shape index (κ3) is 3.48. The summed E-state index contributed by atoms with van der Waals surface area (Å²) in [5, 5.41) is 0. The number of rotatable bonds is 3. The highest BCUT2D eigenvalue weighted by atomic mass is 16.5. The summed E-state index contributed by atoms with van der Waals surface area (Å²) >= 11 is 0. The summed E-state index contributed by atoms with van der Waals surface area (Å²) < 4.78 is 4.86. The number of aryl methyl sites for hydroxylation is 1. The Morgan fingerprint density at radius 1 is 1.35 bits per heavy atom. The van der Waals surface area contributed by atoms with Crippen molar-refractivity contribution in [2.24, 2.45) is 0 Å². The van der Waals surface area contributed by atoms with Gasteiger partial charge in [0.05, 0.1) is 5.56 Å². The number of hydrogen-bond acceptors (Lipinski definition) is 4. The smallest absolute Gasteiger partial charge is 0.338 e. The first-order chi connectivity index (χ1) is 7.91. The van der Waals surface area contributed by atoms with Crippen molar-refractivity contribution in [2.45, 2.75) is 6.92 Å². The van der Waals surface area contributed by atoms with E-state index in [9.17, 15) is 9.59 Å². The van der Waals surface area contributed by atoms with Crippen molar-refractivity contribution < 1.29 is 14.3 Å². The number of benzene rings is 1. The van der Waals surface area contributed by atoms with Crippen LogP contribution in [0.1, 0.15) is 15.9 Å². The number of esters is 1. The SMILES string of the molecule is Cc1ccc(C(=O)OCC(=O)N(C)C)cc1N. The van der Waals surface area contributed by atoms with Crippen molar-refractivity contribution in [3.63, 3.8) is 0 Å². The summed E-state index contributed by atoms with van der Waals surface area (Å²) in [6, 6.07) is 4.89. The summed E-state index contributed by atoms with van der Waals surface area (Å²) in [5.74, 6) is -0.815. The Morgan fingerprint density at radius 3 is 2.53 bits per heavy atom. The molecule has 0 spiro atoms. The number of nitrogens with two attached hydrogens (primary N) is 1.